The molecule has 0 spiro atoms. The van der Waals surface area contributed by atoms with Crippen molar-refractivity contribution in [3.63, 3.8) is 0 Å². The van der Waals surface area contributed by atoms with E-state index in [0.29, 0.717) is 31.7 Å². The predicted octanol–water partition coefficient (Wildman–Crippen LogP) is 2.32. The van der Waals surface area contributed by atoms with Gasteiger partial charge in [0.05, 0.1) is 12.0 Å². The van der Waals surface area contributed by atoms with Crippen LogP contribution in [0, 0.1) is 12.8 Å². The summed E-state index contributed by atoms with van der Waals surface area (Å²) in [5, 5.41) is 2.97. The van der Waals surface area contributed by atoms with Crippen LogP contribution in [0.1, 0.15) is 39.2 Å². The van der Waals surface area contributed by atoms with E-state index in [9.17, 15) is 13.2 Å². The maximum atomic E-state index is 12.8. The summed E-state index contributed by atoms with van der Waals surface area (Å²) in [5.41, 5.74) is 0.504. The summed E-state index contributed by atoms with van der Waals surface area (Å²) in [5.74, 6) is 0.532. The predicted molar refractivity (Wildman–Crippen MR) is 97.1 cm³/mol. The number of rotatable bonds is 4. The van der Waals surface area contributed by atoms with Crippen molar-refractivity contribution in [3.8, 4) is 5.75 Å². The summed E-state index contributed by atoms with van der Waals surface area (Å²) in [6.45, 7) is 8.36. The van der Waals surface area contributed by atoms with Crippen LogP contribution in [-0.2, 0) is 14.8 Å². The monoisotopic (exact) mass is 368 g/mol. The van der Waals surface area contributed by atoms with Gasteiger partial charge in [-0.15, -0.1) is 0 Å². The van der Waals surface area contributed by atoms with Gasteiger partial charge < -0.3 is 10.1 Å². The topological polar surface area (TPSA) is 75.7 Å². The molecule has 1 N–H and O–H groups in total. The Kier molecular flexibility index (Phi) is 5.79. The van der Waals surface area contributed by atoms with Crippen molar-refractivity contribution in [1.29, 1.82) is 0 Å². The molecule has 6 nitrogen and oxygen atoms in total. The van der Waals surface area contributed by atoms with Crippen LogP contribution >= 0.6 is 0 Å². The molecular weight excluding hydrogens is 340 g/mol. The van der Waals surface area contributed by atoms with Crippen molar-refractivity contribution in [2.75, 3.05) is 20.2 Å². The minimum atomic E-state index is -3.55. The third kappa shape index (κ3) is 4.73. The Morgan fingerprint density at radius 2 is 1.84 bits per heavy atom. The van der Waals surface area contributed by atoms with Gasteiger partial charge in [0.1, 0.15) is 5.75 Å². The lowest BCUT2D eigenvalue weighted by Gasteiger charge is -2.32. The first-order valence-electron chi connectivity index (χ1n) is 8.51. The molecule has 1 heterocycles. The summed E-state index contributed by atoms with van der Waals surface area (Å²) < 4.78 is 32.3. The smallest absolute Gasteiger partial charge is 0.243 e. The molecule has 7 heteroatoms. The Morgan fingerprint density at radius 3 is 2.32 bits per heavy atom. The Morgan fingerprint density at radius 1 is 1.24 bits per heavy atom. The zero-order valence-electron chi connectivity index (χ0n) is 15.6. The molecule has 0 atom stereocenters. The third-order valence-corrected chi connectivity index (χ3v) is 6.22. The van der Waals surface area contributed by atoms with Gasteiger partial charge in [0.2, 0.25) is 15.9 Å². The highest BCUT2D eigenvalue weighted by atomic mass is 32.2. The molecule has 0 radical (unpaired) electrons. The van der Waals surface area contributed by atoms with Crippen molar-refractivity contribution in [3.05, 3.63) is 23.8 Å². The van der Waals surface area contributed by atoms with E-state index >= 15 is 0 Å². The van der Waals surface area contributed by atoms with E-state index in [4.69, 9.17) is 4.74 Å². The molecule has 1 aromatic rings. The maximum absolute atomic E-state index is 12.8. The van der Waals surface area contributed by atoms with Crippen LogP contribution in [0.5, 0.6) is 5.75 Å². The second kappa shape index (κ2) is 7.33. The van der Waals surface area contributed by atoms with E-state index in [-0.39, 0.29) is 22.3 Å². The molecule has 0 saturated carbocycles. The number of ether oxygens (including phenoxy) is 1. The van der Waals surface area contributed by atoms with Crippen LogP contribution < -0.4 is 10.1 Å². The molecule has 1 fully saturated rings. The van der Waals surface area contributed by atoms with Crippen LogP contribution in [0.25, 0.3) is 0 Å². The maximum Gasteiger partial charge on any atom is 0.243 e. The largest absolute Gasteiger partial charge is 0.496 e. The number of benzene rings is 1. The van der Waals surface area contributed by atoms with Crippen LogP contribution in [0.4, 0.5) is 0 Å². The van der Waals surface area contributed by atoms with E-state index in [1.165, 1.54) is 4.31 Å². The van der Waals surface area contributed by atoms with Gasteiger partial charge in [-0.3, -0.25) is 4.79 Å². The summed E-state index contributed by atoms with van der Waals surface area (Å²) in [4.78, 5) is 12.5. The van der Waals surface area contributed by atoms with Gasteiger partial charge in [-0.2, -0.15) is 4.31 Å². The molecule has 0 aromatic heterocycles. The van der Waals surface area contributed by atoms with E-state index in [0.717, 1.165) is 5.56 Å². The number of amides is 1. The molecule has 1 aliphatic heterocycles. The normalized spacial score (nSPS) is 17.3. The SMILES string of the molecule is COc1ccc(S(=O)(=O)N2CCC(C(=O)NC(C)(C)C)CC2)cc1C. The molecule has 1 aromatic carbocycles. The zero-order valence-corrected chi connectivity index (χ0v) is 16.4. The van der Waals surface area contributed by atoms with Gasteiger partial charge in [-0.05, 0) is 64.3 Å². The lowest BCUT2D eigenvalue weighted by atomic mass is 9.96. The number of methoxy groups -OCH3 is 1. The average Bonchev–Trinajstić information content (AvgIpc) is 2.53. The second-order valence-corrected chi connectivity index (χ2v) is 9.49. The quantitative estimate of drug-likeness (QED) is 0.885. The fraction of sp³-hybridized carbons (Fsp3) is 0.611. The first-order chi connectivity index (χ1) is 11.5. The second-order valence-electron chi connectivity index (χ2n) is 7.55. The molecule has 140 valence electrons. The summed E-state index contributed by atoms with van der Waals surface area (Å²) in [6, 6.07) is 4.87. The highest BCUT2D eigenvalue weighted by Crippen LogP contribution is 2.27. The third-order valence-electron chi connectivity index (χ3n) is 4.33. The molecule has 0 unspecified atom stereocenters. The van der Waals surface area contributed by atoms with Crippen molar-refractivity contribution >= 4 is 15.9 Å². The Labute approximate surface area is 150 Å². The van der Waals surface area contributed by atoms with Gasteiger partial charge in [0.15, 0.2) is 0 Å². The standard InChI is InChI=1S/C18H28N2O4S/c1-13-12-15(6-7-16(13)24-5)25(22,23)20-10-8-14(9-11-20)17(21)19-18(2,3)4/h6-7,12,14H,8-11H2,1-5H3,(H,19,21). The minimum Gasteiger partial charge on any atom is -0.496 e. The first-order valence-corrected chi connectivity index (χ1v) is 9.95. The zero-order chi connectivity index (χ0) is 18.8. The van der Waals surface area contributed by atoms with E-state index < -0.39 is 10.0 Å². The number of carbonyl (C=O) groups excluding carboxylic acids is 1. The first kappa shape index (κ1) is 19.7. The molecule has 2 rings (SSSR count). The number of carbonyl (C=O) groups is 1. The number of nitrogens with zero attached hydrogens (tertiary/aromatic N) is 1. The fourth-order valence-corrected chi connectivity index (χ4v) is 4.55. The van der Waals surface area contributed by atoms with Crippen molar-refractivity contribution in [2.45, 2.75) is 51.0 Å². The Balaban J connectivity index is 2.06. The molecule has 1 aliphatic rings. The number of piperidine rings is 1. The molecule has 1 amide bonds. The number of sulfonamides is 1. The fourth-order valence-electron chi connectivity index (χ4n) is 2.99. The molecule has 0 bridgehead atoms. The number of hydrogen-bond donors (Lipinski definition) is 1. The number of nitrogens with one attached hydrogen (secondary N) is 1. The Hall–Kier alpha value is -1.60. The van der Waals surface area contributed by atoms with Gasteiger partial charge in [0, 0.05) is 24.5 Å². The Bertz CT molecular complexity index is 730. The molecule has 25 heavy (non-hydrogen) atoms. The van der Waals surface area contributed by atoms with Gasteiger partial charge in [-0.1, -0.05) is 0 Å². The van der Waals surface area contributed by atoms with Crippen LogP contribution in [-0.4, -0.2) is 44.4 Å². The van der Waals surface area contributed by atoms with Crippen LogP contribution in [0.15, 0.2) is 23.1 Å². The van der Waals surface area contributed by atoms with E-state index in [2.05, 4.69) is 5.32 Å². The number of hydrogen-bond acceptors (Lipinski definition) is 4. The van der Waals surface area contributed by atoms with Gasteiger partial charge in [0.25, 0.3) is 0 Å². The lowest BCUT2D eigenvalue weighted by molar-refractivity contribution is -0.127. The van der Waals surface area contributed by atoms with Crippen molar-refractivity contribution < 1.29 is 17.9 Å². The molecule has 1 saturated heterocycles. The van der Waals surface area contributed by atoms with E-state index in [1.54, 1.807) is 25.3 Å². The van der Waals surface area contributed by atoms with Gasteiger partial charge >= 0.3 is 0 Å². The summed E-state index contributed by atoms with van der Waals surface area (Å²) in [7, 11) is -1.99. The minimum absolute atomic E-state index is 0.00448. The molecular formula is C18H28N2O4S. The van der Waals surface area contributed by atoms with Crippen molar-refractivity contribution in [2.24, 2.45) is 5.92 Å². The van der Waals surface area contributed by atoms with E-state index in [1.807, 2.05) is 27.7 Å². The average molecular weight is 368 g/mol. The van der Waals surface area contributed by atoms with Crippen LogP contribution in [0.2, 0.25) is 0 Å². The van der Waals surface area contributed by atoms with Gasteiger partial charge in [-0.25, -0.2) is 8.42 Å². The highest BCUT2D eigenvalue weighted by molar-refractivity contribution is 7.89. The number of aryl methyl sites for hydroxylation is 1. The summed E-state index contributed by atoms with van der Waals surface area (Å²) in [6.07, 6.45) is 1.08. The summed E-state index contributed by atoms with van der Waals surface area (Å²) >= 11 is 0. The van der Waals surface area contributed by atoms with Crippen LogP contribution in [0.3, 0.4) is 0 Å². The highest BCUT2D eigenvalue weighted by Gasteiger charge is 2.33. The van der Waals surface area contributed by atoms with Crippen molar-refractivity contribution in [1.82, 2.24) is 9.62 Å². The molecule has 0 aliphatic carbocycles. The lowest BCUT2D eigenvalue weighted by Crippen LogP contribution is -2.47.